The number of ketones is 1. The molecular formula is C22H24ClNO3. The first kappa shape index (κ1) is 19.4. The van der Waals surface area contributed by atoms with Crippen molar-refractivity contribution in [3.63, 3.8) is 0 Å². The van der Waals surface area contributed by atoms with Crippen LogP contribution in [0.3, 0.4) is 0 Å². The summed E-state index contributed by atoms with van der Waals surface area (Å²) in [5.74, 6) is -0.879. The Morgan fingerprint density at radius 2 is 2.15 bits per heavy atom. The Labute approximate surface area is 164 Å². The van der Waals surface area contributed by atoms with Crippen LogP contribution in [0.5, 0.6) is 0 Å². The zero-order valence-corrected chi connectivity index (χ0v) is 16.7. The van der Waals surface area contributed by atoms with Crippen molar-refractivity contribution in [2.75, 3.05) is 6.61 Å². The van der Waals surface area contributed by atoms with Crippen molar-refractivity contribution in [3.8, 4) is 0 Å². The Morgan fingerprint density at radius 1 is 1.41 bits per heavy atom. The lowest BCUT2D eigenvalue weighted by Crippen LogP contribution is -2.38. The average Bonchev–Trinajstić information content (AvgIpc) is 2.57. The number of carbonyl (C=O) groups excluding carboxylic acids is 2. The molecule has 0 fully saturated rings. The lowest BCUT2D eigenvalue weighted by atomic mass is 9.68. The van der Waals surface area contributed by atoms with Crippen LogP contribution in [0.25, 0.3) is 0 Å². The Hall–Kier alpha value is -2.33. The van der Waals surface area contributed by atoms with Crippen LogP contribution in [0.1, 0.15) is 45.1 Å². The van der Waals surface area contributed by atoms with E-state index in [2.05, 4.69) is 25.7 Å². The van der Waals surface area contributed by atoms with E-state index in [1.807, 2.05) is 25.1 Å². The number of hydrogen-bond donors (Lipinski definition) is 1. The molecule has 0 saturated carbocycles. The van der Waals surface area contributed by atoms with Gasteiger partial charge in [-0.05, 0) is 36.5 Å². The first-order valence-electron chi connectivity index (χ1n) is 9.01. The summed E-state index contributed by atoms with van der Waals surface area (Å²) in [7, 11) is 0. The first-order valence-corrected chi connectivity index (χ1v) is 9.39. The summed E-state index contributed by atoms with van der Waals surface area (Å²) in [5.41, 5.74) is 3.38. The number of benzene rings is 1. The van der Waals surface area contributed by atoms with Crippen molar-refractivity contribution in [2.24, 2.45) is 5.41 Å². The highest BCUT2D eigenvalue weighted by molar-refractivity contribution is 6.30. The van der Waals surface area contributed by atoms with E-state index in [1.54, 1.807) is 6.07 Å². The van der Waals surface area contributed by atoms with E-state index < -0.39 is 11.9 Å². The number of allylic oxidation sites excluding steroid dienone is 3. The van der Waals surface area contributed by atoms with Crippen molar-refractivity contribution < 1.29 is 14.3 Å². The third-order valence-corrected chi connectivity index (χ3v) is 5.21. The van der Waals surface area contributed by atoms with Crippen LogP contribution in [-0.4, -0.2) is 18.4 Å². The molecule has 0 unspecified atom stereocenters. The van der Waals surface area contributed by atoms with Crippen LogP contribution < -0.4 is 5.32 Å². The molecule has 0 amide bonds. The number of esters is 1. The van der Waals surface area contributed by atoms with Gasteiger partial charge < -0.3 is 10.1 Å². The number of halogens is 1. The van der Waals surface area contributed by atoms with Crippen LogP contribution in [0.15, 0.2) is 59.5 Å². The maximum atomic E-state index is 13.1. The first-order chi connectivity index (χ1) is 12.7. The minimum atomic E-state index is -0.485. The highest BCUT2D eigenvalue weighted by Gasteiger charge is 2.43. The molecule has 1 atom stereocenters. The molecule has 1 heterocycles. The molecule has 0 spiro atoms. The molecule has 142 valence electrons. The SMILES string of the molecule is C=CCOC(=O)C1=C(C)NC2=C(C(=O)CC(C)(C)C2)[C@H]1c1cccc(Cl)c1. The van der Waals surface area contributed by atoms with Crippen molar-refractivity contribution in [1.29, 1.82) is 0 Å². The quantitative estimate of drug-likeness (QED) is 0.604. The lowest BCUT2D eigenvalue weighted by Gasteiger charge is -2.39. The maximum Gasteiger partial charge on any atom is 0.337 e. The molecule has 0 radical (unpaired) electrons. The monoisotopic (exact) mass is 385 g/mol. The zero-order chi connectivity index (χ0) is 19.8. The molecule has 1 N–H and O–H groups in total. The largest absolute Gasteiger partial charge is 0.458 e. The van der Waals surface area contributed by atoms with Crippen molar-refractivity contribution in [2.45, 2.75) is 39.5 Å². The summed E-state index contributed by atoms with van der Waals surface area (Å²) in [5, 5.41) is 3.87. The van der Waals surface area contributed by atoms with Gasteiger partial charge in [0, 0.05) is 34.3 Å². The van der Waals surface area contributed by atoms with E-state index in [0.717, 1.165) is 17.7 Å². The van der Waals surface area contributed by atoms with Crippen molar-refractivity contribution >= 4 is 23.4 Å². The smallest absolute Gasteiger partial charge is 0.337 e. The molecule has 0 aromatic heterocycles. The molecule has 0 saturated heterocycles. The summed E-state index contributed by atoms with van der Waals surface area (Å²) in [4.78, 5) is 25.9. The number of rotatable bonds is 4. The molecule has 3 rings (SSSR count). The Morgan fingerprint density at radius 3 is 2.81 bits per heavy atom. The fraction of sp³-hybridized carbons (Fsp3) is 0.364. The highest BCUT2D eigenvalue weighted by Crippen LogP contribution is 2.47. The minimum Gasteiger partial charge on any atom is -0.458 e. The van der Waals surface area contributed by atoms with Gasteiger partial charge in [0.15, 0.2) is 5.78 Å². The fourth-order valence-electron chi connectivity index (χ4n) is 3.94. The Bertz CT molecular complexity index is 879. The molecule has 2 aliphatic rings. The van der Waals surface area contributed by atoms with Gasteiger partial charge in [0.2, 0.25) is 0 Å². The third-order valence-electron chi connectivity index (χ3n) is 4.97. The minimum absolute atomic E-state index is 0.0558. The van der Waals surface area contributed by atoms with E-state index >= 15 is 0 Å². The fourth-order valence-corrected chi connectivity index (χ4v) is 4.14. The molecule has 5 heteroatoms. The summed E-state index contributed by atoms with van der Waals surface area (Å²) in [6.45, 7) is 9.71. The topological polar surface area (TPSA) is 55.4 Å². The molecule has 1 aliphatic carbocycles. The van der Waals surface area contributed by atoms with E-state index in [-0.39, 0.29) is 17.8 Å². The zero-order valence-electron chi connectivity index (χ0n) is 15.9. The van der Waals surface area contributed by atoms with Gasteiger partial charge in [-0.3, -0.25) is 4.79 Å². The van der Waals surface area contributed by atoms with Gasteiger partial charge in [0.25, 0.3) is 0 Å². The van der Waals surface area contributed by atoms with Crippen molar-refractivity contribution in [1.82, 2.24) is 5.32 Å². The number of ether oxygens (including phenoxy) is 1. The van der Waals surface area contributed by atoms with E-state index in [1.165, 1.54) is 6.08 Å². The van der Waals surface area contributed by atoms with E-state index in [9.17, 15) is 9.59 Å². The number of Topliss-reactive ketones (excluding diaryl/α,β-unsaturated/α-hetero) is 1. The highest BCUT2D eigenvalue weighted by atomic mass is 35.5. The second kappa shape index (κ2) is 7.35. The molecule has 0 bridgehead atoms. The van der Waals surface area contributed by atoms with Crippen LogP contribution in [0.4, 0.5) is 0 Å². The molecular weight excluding hydrogens is 362 g/mol. The summed E-state index contributed by atoms with van der Waals surface area (Å²) < 4.78 is 5.32. The summed E-state index contributed by atoms with van der Waals surface area (Å²) in [6, 6.07) is 7.32. The third kappa shape index (κ3) is 3.86. The molecule has 27 heavy (non-hydrogen) atoms. The molecule has 1 aliphatic heterocycles. The van der Waals surface area contributed by atoms with Gasteiger partial charge in [-0.15, -0.1) is 0 Å². The van der Waals surface area contributed by atoms with Gasteiger partial charge in [-0.1, -0.05) is 50.2 Å². The second-order valence-electron chi connectivity index (χ2n) is 7.87. The predicted octanol–water partition coefficient (Wildman–Crippen LogP) is 4.67. The van der Waals surface area contributed by atoms with Gasteiger partial charge >= 0.3 is 5.97 Å². The van der Waals surface area contributed by atoms with Gasteiger partial charge in [-0.25, -0.2) is 4.79 Å². The summed E-state index contributed by atoms with van der Waals surface area (Å²) in [6.07, 6.45) is 2.72. The number of hydrogen-bond acceptors (Lipinski definition) is 4. The Kier molecular flexibility index (Phi) is 5.29. The van der Waals surface area contributed by atoms with Crippen LogP contribution in [-0.2, 0) is 14.3 Å². The van der Waals surface area contributed by atoms with E-state index in [4.69, 9.17) is 16.3 Å². The maximum absolute atomic E-state index is 13.1. The van der Waals surface area contributed by atoms with Crippen molar-refractivity contribution in [3.05, 3.63) is 70.0 Å². The van der Waals surface area contributed by atoms with Crippen LogP contribution in [0.2, 0.25) is 5.02 Å². The molecule has 1 aromatic rings. The van der Waals surface area contributed by atoms with Crippen LogP contribution in [0, 0.1) is 5.41 Å². The van der Waals surface area contributed by atoms with Crippen LogP contribution >= 0.6 is 11.6 Å². The number of carbonyl (C=O) groups is 2. The second-order valence-corrected chi connectivity index (χ2v) is 8.31. The Balaban J connectivity index is 2.15. The average molecular weight is 386 g/mol. The van der Waals surface area contributed by atoms with E-state index in [0.29, 0.717) is 28.3 Å². The van der Waals surface area contributed by atoms with Gasteiger partial charge in [0.1, 0.15) is 6.61 Å². The number of dihydropyridines is 1. The summed E-state index contributed by atoms with van der Waals surface area (Å²) >= 11 is 6.21. The normalized spacial score (nSPS) is 21.5. The molecule has 4 nitrogen and oxygen atoms in total. The predicted molar refractivity (Wildman–Crippen MR) is 106 cm³/mol. The molecule has 1 aromatic carbocycles. The van der Waals surface area contributed by atoms with Gasteiger partial charge in [-0.2, -0.15) is 0 Å². The number of nitrogens with one attached hydrogen (secondary N) is 1. The standard InChI is InChI=1S/C22H24ClNO3/c1-5-9-27-21(26)18-13(2)24-16-11-22(3,4)12-17(25)20(16)19(18)14-7-6-8-15(23)10-14/h5-8,10,19,24H,1,9,11-12H2,2-4H3/t19-/m0/s1. The van der Waals surface area contributed by atoms with Gasteiger partial charge in [0.05, 0.1) is 5.57 Å². The lowest BCUT2D eigenvalue weighted by molar-refractivity contribution is -0.138.